The molecule has 1 N–H and O–H groups in total. The fourth-order valence-electron chi connectivity index (χ4n) is 2.15. The minimum absolute atomic E-state index is 0.181. The Morgan fingerprint density at radius 3 is 3.00 bits per heavy atom. The molecule has 1 heterocycles. The molecule has 18 heavy (non-hydrogen) atoms. The van der Waals surface area contributed by atoms with Crippen molar-refractivity contribution in [2.45, 2.75) is 25.5 Å². The van der Waals surface area contributed by atoms with Gasteiger partial charge in [-0.3, -0.25) is 0 Å². The number of ether oxygens (including phenoxy) is 2. The molecule has 1 aliphatic heterocycles. The van der Waals surface area contributed by atoms with Crippen LogP contribution in [0.2, 0.25) is 0 Å². The van der Waals surface area contributed by atoms with Gasteiger partial charge >= 0.3 is 0 Å². The molecule has 0 aromatic heterocycles. The molecule has 2 rings (SSSR count). The van der Waals surface area contributed by atoms with E-state index in [1.165, 1.54) is 5.56 Å². The number of hydrogen-bond acceptors (Lipinski definition) is 3. The summed E-state index contributed by atoms with van der Waals surface area (Å²) in [5.41, 5.74) is 1.31. The Kier molecular flexibility index (Phi) is 5.63. The fraction of sp³-hybridized carbons (Fsp3) is 0.571. The quantitative estimate of drug-likeness (QED) is 0.906. The number of hydrogen-bond donors (Lipinski definition) is 1. The van der Waals surface area contributed by atoms with Gasteiger partial charge in [-0.05, 0) is 24.1 Å². The predicted molar refractivity (Wildman–Crippen MR) is 75.7 cm³/mol. The zero-order chi connectivity index (χ0) is 12.8. The molecule has 2 unspecified atom stereocenters. The van der Waals surface area contributed by atoms with Crippen molar-refractivity contribution in [1.82, 2.24) is 5.32 Å². The van der Waals surface area contributed by atoms with Gasteiger partial charge in [-0.15, -0.1) is 0 Å². The number of halogens is 1. The van der Waals surface area contributed by atoms with Crippen LogP contribution in [0.25, 0.3) is 0 Å². The third-order valence-electron chi connectivity index (χ3n) is 3.14. The van der Waals surface area contributed by atoms with Gasteiger partial charge in [-0.1, -0.05) is 35.0 Å². The standard InChI is InChI=1S/C14H20BrNO2/c1-2-14(11-4-3-5-12(15)8-11)16-9-13-10-17-6-7-18-13/h3-5,8,13-14,16H,2,6-7,9-10H2,1H3. The molecule has 0 saturated carbocycles. The average Bonchev–Trinajstić information content (AvgIpc) is 2.41. The first-order valence-electron chi connectivity index (χ1n) is 6.47. The van der Waals surface area contributed by atoms with E-state index in [0.29, 0.717) is 19.3 Å². The van der Waals surface area contributed by atoms with Crippen LogP contribution in [-0.4, -0.2) is 32.5 Å². The van der Waals surface area contributed by atoms with Crippen LogP contribution in [0.4, 0.5) is 0 Å². The maximum Gasteiger partial charge on any atom is 0.0933 e. The lowest BCUT2D eigenvalue weighted by Gasteiger charge is -2.26. The summed E-state index contributed by atoms with van der Waals surface area (Å²) < 4.78 is 12.2. The number of rotatable bonds is 5. The average molecular weight is 314 g/mol. The van der Waals surface area contributed by atoms with E-state index in [4.69, 9.17) is 9.47 Å². The summed E-state index contributed by atoms with van der Waals surface area (Å²) in [6, 6.07) is 8.81. The van der Waals surface area contributed by atoms with E-state index in [9.17, 15) is 0 Å². The smallest absolute Gasteiger partial charge is 0.0933 e. The molecule has 100 valence electrons. The molecule has 0 spiro atoms. The maximum atomic E-state index is 5.64. The summed E-state index contributed by atoms with van der Waals surface area (Å²) in [4.78, 5) is 0. The van der Waals surface area contributed by atoms with Gasteiger partial charge in [0.15, 0.2) is 0 Å². The molecule has 4 heteroatoms. The molecule has 3 nitrogen and oxygen atoms in total. The van der Waals surface area contributed by atoms with E-state index in [2.05, 4.69) is 46.4 Å². The highest BCUT2D eigenvalue weighted by molar-refractivity contribution is 9.10. The highest BCUT2D eigenvalue weighted by atomic mass is 79.9. The monoisotopic (exact) mass is 313 g/mol. The van der Waals surface area contributed by atoms with Crippen LogP contribution in [0.5, 0.6) is 0 Å². The Balaban J connectivity index is 1.88. The second-order valence-electron chi connectivity index (χ2n) is 4.49. The van der Waals surface area contributed by atoms with E-state index in [1.807, 2.05) is 6.07 Å². The molecular formula is C14H20BrNO2. The van der Waals surface area contributed by atoms with Gasteiger partial charge in [-0.2, -0.15) is 0 Å². The van der Waals surface area contributed by atoms with Gasteiger partial charge in [0.2, 0.25) is 0 Å². The molecular weight excluding hydrogens is 294 g/mol. The van der Waals surface area contributed by atoms with Gasteiger partial charge in [-0.25, -0.2) is 0 Å². The minimum atomic E-state index is 0.181. The minimum Gasteiger partial charge on any atom is -0.376 e. The van der Waals surface area contributed by atoms with Crippen LogP contribution in [-0.2, 0) is 9.47 Å². The summed E-state index contributed by atoms with van der Waals surface area (Å²) in [6.45, 7) is 5.16. The highest BCUT2D eigenvalue weighted by Crippen LogP contribution is 2.20. The normalized spacial score (nSPS) is 21.8. The van der Waals surface area contributed by atoms with E-state index in [0.717, 1.165) is 24.0 Å². The molecule has 1 aromatic carbocycles. The Labute approximate surface area is 117 Å². The maximum absolute atomic E-state index is 5.64. The van der Waals surface area contributed by atoms with Crippen molar-refractivity contribution in [2.75, 3.05) is 26.4 Å². The molecule has 0 bridgehead atoms. The van der Waals surface area contributed by atoms with Crippen molar-refractivity contribution in [3.05, 3.63) is 34.3 Å². The molecule has 0 radical (unpaired) electrons. The Morgan fingerprint density at radius 1 is 1.44 bits per heavy atom. The van der Waals surface area contributed by atoms with Crippen LogP contribution in [0.3, 0.4) is 0 Å². The van der Waals surface area contributed by atoms with Gasteiger partial charge in [0.05, 0.1) is 25.9 Å². The SMILES string of the molecule is CCC(NCC1COCCO1)c1cccc(Br)c1. The number of nitrogens with one attached hydrogen (secondary N) is 1. The molecule has 1 aromatic rings. The summed E-state index contributed by atoms with van der Waals surface area (Å²) in [7, 11) is 0. The predicted octanol–water partition coefficient (Wildman–Crippen LogP) is 2.91. The summed E-state index contributed by atoms with van der Waals surface area (Å²) >= 11 is 3.51. The van der Waals surface area contributed by atoms with Crippen LogP contribution < -0.4 is 5.32 Å². The van der Waals surface area contributed by atoms with Crippen molar-refractivity contribution < 1.29 is 9.47 Å². The van der Waals surface area contributed by atoms with E-state index in [-0.39, 0.29) is 6.10 Å². The lowest BCUT2D eigenvalue weighted by atomic mass is 10.0. The summed E-state index contributed by atoms with van der Waals surface area (Å²) in [5, 5.41) is 3.56. The lowest BCUT2D eigenvalue weighted by Crippen LogP contribution is -2.38. The van der Waals surface area contributed by atoms with Gasteiger partial charge in [0, 0.05) is 17.1 Å². The second kappa shape index (κ2) is 7.24. The number of benzene rings is 1. The topological polar surface area (TPSA) is 30.5 Å². The Morgan fingerprint density at radius 2 is 2.33 bits per heavy atom. The van der Waals surface area contributed by atoms with Crippen molar-refractivity contribution in [3.63, 3.8) is 0 Å². The van der Waals surface area contributed by atoms with Crippen molar-refractivity contribution >= 4 is 15.9 Å². The van der Waals surface area contributed by atoms with Crippen molar-refractivity contribution in [2.24, 2.45) is 0 Å². The van der Waals surface area contributed by atoms with Crippen molar-refractivity contribution in [3.8, 4) is 0 Å². The van der Waals surface area contributed by atoms with Crippen molar-refractivity contribution in [1.29, 1.82) is 0 Å². The van der Waals surface area contributed by atoms with Gasteiger partial charge < -0.3 is 14.8 Å². The van der Waals surface area contributed by atoms with Gasteiger partial charge in [0.25, 0.3) is 0 Å². The van der Waals surface area contributed by atoms with Crippen LogP contribution in [0.15, 0.2) is 28.7 Å². The van der Waals surface area contributed by atoms with Gasteiger partial charge in [0.1, 0.15) is 0 Å². The van der Waals surface area contributed by atoms with E-state index < -0.39 is 0 Å². The molecule has 2 atom stereocenters. The van der Waals surface area contributed by atoms with Crippen LogP contribution in [0, 0.1) is 0 Å². The fourth-order valence-corrected chi connectivity index (χ4v) is 2.57. The third kappa shape index (κ3) is 4.05. The first-order valence-corrected chi connectivity index (χ1v) is 7.27. The molecule has 1 aliphatic rings. The van der Waals surface area contributed by atoms with Crippen LogP contribution in [0.1, 0.15) is 24.9 Å². The lowest BCUT2D eigenvalue weighted by molar-refractivity contribution is -0.0871. The first kappa shape index (κ1) is 14.0. The molecule has 0 aliphatic carbocycles. The Hall–Kier alpha value is -0.420. The zero-order valence-corrected chi connectivity index (χ0v) is 12.3. The van der Waals surface area contributed by atoms with E-state index >= 15 is 0 Å². The first-order chi connectivity index (χ1) is 8.79. The third-order valence-corrected chi connectivity index (χ3v) is 3.63. The van der Waals surface area contributed by atoms with E-state index in [1.54, 1.807) is 0 Å². The summed E-state index contributed by atoms with van der Waals surface area (Å²) in [5.74, 6) is 0. The Bertz CT molecular complexity index is 367. The summed E-state index contributed by atoms with van der Waals surface area (Å²) in [6.07, 6.45) is 1.24. The molecule has 1 saturated heterocycles. The highest BCUT2D eigenvalue weighted by Gasteiger charge is 2.16. The molecule has 0 amide bonds. The largest absolute Gasteiger partial charge is 0.376 e. The second-order valence-corrected chi connectivity index (χ2v) is 5.41. The van der Waals surface area contributed by atoms with Crippen LogP contribution >= 0.6 is 15.9 Å². The molecule has 1 fully saturated rings. The zero-order valence-electron chi connectivity index (χ0n) is 10.7.